The van der Waals surface area contributed by atoms with E-state index >= 15 is 0 Å². The van der Waals surface area contributed by atoms with Gasteiger partial charge in [-0.3, -0.25) is 9.59 Å². The number of likely N-dealkylation sites (tertiary alicyclic amines) is 2. The number of aromatic nitrogens is 1. The summed E-state index contributed by atoms with van der Waals surface area (Å²) < 4.78 is 11.2. The number of piperidine rings is 1. The average Bonchev–Trinajstić information content (AvgIpc) is 3.36. The van der Waals surface area contributed by atoms with Crippen molar-refractivity contribution >= 4 is 11.8 Å². The Morgan fingerprint density at radius 2 is 1.81 bits per heavy atom. The summed E-state index contributed by atoms with van der Waals surface area (Å²) in [5.74, 6) is 2.75. The highest BCUT2D eigenvalue weighted by Gasteiger charge is 2.41. The van der Waals surface area contributed by atoms with Crippen LogP contribution in [0.1, 0.15) is 41.6 Å². The molecule has 7 heteroatoms. The highest BCUT2D eigenvalue weighted by molar-refractivity contribution is 5.96. The van der Waals surface area contributed by atoms with Crippen molar-refractivity contribution in [2.24, 2.45) is 17.8 Å². The third-order valence-corrected chi connectivity index (χ3v) is 6.82. The predicted octanol–water partition coefficient (Wildman–Crippen LogP) is 3.32. The number of nitrogens with zero attached hydrogens (tertiary/aromatic N) is 3. The lowest BCUT2D eigenvalue weighted by atomic mass is 9.78. The summed E-state index contributed by atoms with van der Waals surface area (Å²) in [7, 11) is 0. The molecule has 0 bridgehead atoms. The Hall–Kier alpha value is -2.83. The van der Waals surface area contributed by atoms with Crippen molar-refractivity contribution < 1.29 is 18.8 Å². The van der Waals surface area contributed by atoms with Crippen molar-refractivity contribution in [3.63, 3.8) is 0 Å². The van der Waals surface area contributed by atoms with Gasteiger partial charge in [-0.15, -0.1) is 0 Å². The Labute approximate surface area is 183 Å². The van der Waals surface area contributed by atoms with Crippen molar-refractivity contribution in [3.8, 4) is 5.75 Å². The number of benzene rings is 1. The first-order valence-corrected chi connectivity index (χ1v) is 11.1. The van der Waals surface area contributed by atoms with E-state index in [1.54, 1.807) is 13.8 Å². The van der Waals surface area contributed by atoms with Crippen LogP contribution in [-0.4, -0.2) is 59.6 Å². The van der Waals surface area contributed by atoms with Crippen molar-refractivity contribution in [1.82, 2.24) is 15.0 Å². The van der Waals surface area contributed by atoms with Crippen LogP contribution in [0.25, 0.3) is 0 Å². The van der Waals surface area contributed by atoms with Crippen LogP contribution in [0.3, 0.4) is 0 Å². The molecule has 2 aromatic rings. The molecule has 3 heterocycles. The summed E-state index contributed by atoms with van der Waals surface area (Å²) in [6, 6.07) is 9.83. The van der Waals surface area contributed by atoms with Crippen LogP contribution in [0.4, 0.5) is 0 Å². The van der Waals surface area contributed by atoms with Crippen molar-refractivity contribution in [2.45, 2.75) is 33.6 Å². The minimum absolute atomic E-state index is 0.00967. The van der Waals surface area contributed by atoms with Gasteiger partial charge in [-0.1, -0.05) is 23.4 Å². The average molecular weight is 426 g/mol. The molecule has 2 saturated heterocycles. The molecule has 2 aliphatic rings. The Morgan fingerprint density at radius 3 is 2.42 bits per heavy atom. The first-order chi connectivity index (χ1) is 14.9. The molecule has 7 nitrogen and oxygen atoms in total. The predicted molar refractivity (Wildman–Crippen MR) is 116 cm³/mol. The van der Waals surface area contributed by atoms with Gasteiger partial charge in [0, 0.05) is 39.0 Å². The van der Waals surface area contributed by atoms with E-state index < -0.39 is 0 Å². The quantitative estimate of drug-likeness (QED) is 0.735. The molecule has 31 heavy (non-hydrogen) atoms. The highest BCUT2D eigenvalue weighted by atomic mass is 16.5. The van der Waals surface area contributed by atoms with Crippen LogP contribution in [0.5, 0.6) is 5.75 Å². The second-order valence-corrected chi connectivity index (χ2v) is 8.80. The molecule has 0 saturated carbocycles. The number of para-hydroxylation sites is 1. The molecule has 2 atom stereocenters. The fraction of sp³-hybridized carbons (Fsp3) is 0.542. The summed E-state index contributed by atoms with van der Waals surface area (Å²) in [5.41, 5.74) is 1.24. The molecule has 166 valence electrons. The van der Waals surface area contributed by atoms with Gasteiger partial charge in [-0.05, 0) is 50.7 Å². The first kappa shape index (κ1) is 21.4. The van der Waals surface area contributed by atoms with E-state index in [4.69, 9.17) is 9.26 Å². The molecule has 2 fully saturated rings. The van der Waals surface area contributed by atoms with Crippen LogP contribution in [0, 0.1) is 31.6 Å². The zero-order valence-electron chi connectivity index (χ0n) is 18.5. The number of rotatable bonds is 5. The monoisotopic (exact) mass is 425 g/mol. The van der Waals surface area contributed by atoms with Crippen LogP contribution < -0.4 is 4.74 Å². The van der Waals surface area contributed by atoms with Crippen LogP contribution in [0.2, 0.25) is 0 Å². The van der Waals surface area contributed by atoms with E-state index in [0.29, 0.717) is 41.4 Å². The Kier molecular flexibility index (Phi) is 6.30. The van der Waals surface area contributed by atoms with E-state index in [-0.39, 0.29) is 11.8 Å². The highest BCUT2D eigenvalue weighted by Crippen LogP contribution is 2.36. The van der Waals surface area contributed by atoms with Crippen molar-refractivity contribution in [3.05, 3.63) is 47.3 Å². The molecule has 2 aliphatic heterocycles. The third-order valence-electron chi connectivity index (χ3n) is 6.82. The summed E-state index contributed by atoms with van der Waals surface area (Å²) >= 11 is 0. The molecule has 0 unspecified atom stereocenters. The lowest BCUT2D eigenvalue weighted by Gasteiger charge is -2.36. The fourth-order valence-electron chi connectivity index (χ4n) is 5.06. The molecule has 0 radical (unpaired) electrons. The largest absolute Gasteiger partial charge is 0.493 e. The van der Waals surface area contributed by atoms with Gasteiger partial charge < -0.3 is 19.1 Å². The van der Waals surface area contributed by atoms with E-state index in [0.717, 1.165) is 44.8 Å². The van der Waals surface area contributed by atoms with E-state index in [9.17, 15) is 9.59 Å². The minimum atomic E-state index is 0.00967. The number of aryl methyl sites for hydroxylation is 2. The van der Waals surface area contributed by atoms with Crippen molar-refractivity contribution in [2.75, 3.05) is 32.8 Å². The second kappa shape index (κ2) is 9.12. The van der Waals surface area contributed by atoms with Crippen LogP contribution >= 0.6 is 0 Å². The van der Waals surface area contributed by atoms with E-state index in [2.05, 4.69) is 5.16 Å². The Morgan fingerprint density at radius 1 is 1.10 bits per heavy atom. The maximum atomic E-state index is 12.9. The molecule has 0 aliphatic carbocycles. The molecule has 0 spiro atoms. The third kappa shape index (κ3) is 4.60. The summed E-state index contributed by atoms with van der Waals surface area (Å²) in [4.78, 5) is 28.9. The van der Waals surface area contributed by atoms with E-state index in [1.165, 1.54) is 0 Å². The van der Waals surface area contributed by atoms with Crippen molar-refractivity contribution in [1.29, 1.82) is 0 Å². The lowest BCUT2D eigenvalue weighted by molar-refractivity contribution is -0.128. The molecule has 2 amide bonds. The van der Waals surface area contributed by atoms with Crippen LogP contribution in [-0.2, 0) is 4.79 Å². The van der Waals surface area contributed by atoms with Gasteiger partial charge in [0.15, 0.2) is 0 Å². The molecule has 1 aromatic heterocycles. The molecular weight excluding hydrogens is 394 g/mol. The number of carbonyl (C=O) groups excluding carboxylic acids is 2. The second-order valence-electron chi connectivity index (χ2n) is 8.80. The normalized spacial score (nSPS) is 22.0. The summed E-state index contributed by atoms with van der Waals surface area (Å²) in [5, 5.41) is 3.92. The standard InChI is InChI=1S/C24H31N3O4/c1-16-23(17(2)31-25-16)24(29)26-11-9-19(10-12-26)22-14-27(18(3)28)13-20(22)15-30-21-7-5-4-6-8-21/h4-8,19-20,22H,9-15H2,1-3H3/t20-,22-/m0/s1. The summed E-state index contributed by atoms with van der Waals surface area (Å²) in [6.07, 6.45) is 1.88. The smallest absolute Gasteiger partial charge is 0.259 e. The van der Waals surface area contributed by atoms with Gasteiger partial charge in [0.2, 0.25) is 5.91 Å². The number of hydrogen-bond acceptors (Lipinski definition) is 5. The minimum Gasteiger partial charge on any atom is -0.493 e. The maximum absolute atomic E-state index is 12.9. The van der Waals surface area contributed by atoms with Gasteiger partial charge in [-0.25, -0.2) is 0 Å². The number of hydrogen-bond donors (Lipinski definition) is 0. The van der Waals surface area contributed by atoms with Gasteiger partial charge in [0.05, 0.1) is 12.3 Å². The zero-order valence-corrected chi connectivity index (χ0v) is 18.5. The number of amides is 2. The fourth-order valence-corrected chi connectivity index (χ4v) is 5.06. The number of ether oxygens (including phenoxy) is 1. The SMILES string of the molecule is CC(=O)N1C[C@@H](COc2ccccc2)[C@H](C2CCN(C(=O)c3c(C)noc3C)CC2)C1. The van der Waals surface area contributed by atoms with Gasteiger partial charge in [0.25, 0.3) is 5.91 Å². The van der Waals surface area contributed by atoms with Gasteiger partial charge in [0.1, 0.15) is 17.1 Å². The van der Waals surface area contributed by atoms with Gasteiger partial charge >= 0.3 is 0 Å². The van der Waals surface area contributed by atoms with E-state index in [1.807, 2.05) is 47.1 Å². The molecule has 4 rings (SSSR count). The van der Waals surface area contributed by atoms with Gasteiger partial charge in [-0.2, -0.15) is 0 Å². The first-order valence-electron chi connectivity index (χ1n) is 11.1. The maximum Gasteiger partial charge on any atom is 0.259 e. The molecular formula is C24H31N3O4. The Bertz CT molecular complexity index is 899. The Balaban J connectivity index is 1.39. The zero-order chi connectivity index (χ0) is 22.0. The van der Waals surface area contributed by atoms with Crippen LogP contribution in [0.15, 0.2) is 34.9 Å². The molecule has 0 N–H and O–H groups in total. The number of carbonyl (C=O) groups is 2. The topological polar surface area (TPSA) is 75.9 Å². The summed E-state index contributed by atoms with van der Waals surface area (Å²) in [6.45, 7) is 8.80. The molecule has 1 aromatic carbocycles. The lowest BCUT2D eigenvalue weighted by Crippen LogP contribution is -2.42.